The highest BCUT2D eigenvalue weighted by Crippen LogP contribution is 2.32. The van der Waals surface area contributed by atoms with Crippen molar-refractivity contribution in [3.8, 4) is 11.1 Å². The number of ether oxygens (including phenoxy) is 1. The molecule has 0 radical (unpaired) electrons. The number of nitrogens with zero attached hydrogens (tertiary/aromatic N) is 4. The van der Waals surface area contributed by atoms with Gasteiger partial charge in [-0.25, -0.2) is 15.0 Å². The average molecular weight is 433 g/mol. The molecule has 1 aliphatic heterocycles. The fraction of sp³-hybridized carbons (Fsp3) is 0.417. The molecule has 2 aromatic heterocycles. The van der Waals surface area contributed by atoms with Crippen molar-refractivity contribution >= 4 is 34.3 Å². The van der Waals surface area contributed by atoms with Gasteiger partial charge in [-0.15, -0.1) is 0 Å². The van der Waals surface area contributed by atoms with Crippen LogP contribution in [0.15, 0.2) is 36.7 Å². The molecule has 2 fully saturated rings. The Morgan fingerprint density at radius 3 is 2.56 bits per heavy atom. The molecule has 1 saturated carbocycles. The Labute approximate surface area is 187 Å². The molecule has 0 spiro atoms. The number of nitrogen functional groups attached to an aromatic ring is 1. The van der Waals surface area contributed by atoms with Crippen molar-refractivity contribution in [3.05, 3.63) is 36.7 Å². The average Bonchev–Trinajstić information content (AvgIpc) is 3.26. The Hall–Kier alpha value is -3.26. The van der Waals surface area contributed by atoms with Gasteiger partial charge in [-0.2, -0.15) is 0 Å². The van der Waals surface area contributed by atoms with Crippen molar-refractivity contribution in [2.75, 3.05) is 29.6 Å². The molecule has 8 nitrogen and oxygen atoms in total. The number of hydrogen-bond acceptors (Lipinski definition) is 7. The van der Waals surface area contributed by atoms with Gasteiger partial charge >= 0.3 is 0 Å². The number of benzene rings is 1. The molecule has 1 aromatic carbocycles. The Morgan fingerprint density at radius 2 is 1.88 bits per heavy atom. The summed E-state index contributed by atoms with van der Waals surface area (Å²) in [5.41, 5.74) is 9.68. The van der Waals surface area contributed by atoms with Gasteiger partial charge in [0.1, 0.15) is 5.82 Å². The van der Waals surface area contributed by atoms with E-state index < -0.39 is 0 Å². The molecule has 1 amide bonds. The quantitative estimate of drug-likeness (QED) is 0.632. The first-order valence-electron chi connectivity index (χ1n) is 11.2. The van der Waals surface area contributed by atoms with E-state index in [2.05, 4.69) is 15.3 Å². The topological polar surface area (TPSA) is 106 Å². The number of fused-ring (bicyclic) bond motifs is 1. The molecule has 2 aliphatic rings. The molecule has 3 N–H and O–H groups in total. The number of carbonyl (C=O) groups is 1. The Morgan fingerprint density at radius 1 is 1.09 bits per heavy atom. The molecule has 5 rings (SSSR count). The number of rotatable bonds is 5. The van der Waals surface area contributed by atoms with Gasteiger partial charge in [0.25, 0.3) is 0 Å². The lowest BCUT2D eigenvalue weighted by Crippen LogP contribution is -2.29. The fourth-order valence-corrected chi connectivity index (χ4v) is 4.69. The SMILES string of the molecule is COC1CCC(Nc2ncc3c(N)ncc(-c4ccc(N5CCCC5=O)cc4)c3n2)CC1. The molecule has 32 heavy (non-hydrogen) atoms. The molecule has 0 atom stereocenters. The minimum absolute atomic E-state index is 0.181. The number of amides is 1. The van der Waals surface area contributed by atoms with E-state index in [-0.39, 0.29) is 5.91 Å². The van der Waals surface area contributed by atoms with Crippen LogP contribution in [0.3, 0.4) is 0 Å². The summed E-state index contributed by atoms with van der Waals surface area (Å²) in [6.45, 7) is 0.777. The van der Waals surface area contributed by atoms with Gasteiger partial charge in [-0.05, 0) is 49.8 Å². The highest BCUT2D eigenvalue weighted by molar-refractivity contribution is 5.99. The predicted molar refractivity (Wildman–Crippen MR) is 125 cm³/mol. The van der Waals surface area contributed by atoms with Crippen LogP contribution in [0.5, 0.6) is 0 Å². The lowest BCUT2D eigenvalue weighted by molar-refractivity contribution is -0.117. The zero-order valence-corrected chi connectivity index (χ0v) is 18.3. The number of nitrogens with one attached hydrogen (secondary N) is 1. The van der Waals surface area contributed by atoms with Crippen LogP contribution in [0.25, 0.3) is 22.0 Å². The van der Waals surface area contributed by atoms with Crippen LogP contribution in [0, 0.1) is 0 Å². The van der Waals surface area contributed by atoms with Crippen LogP contribution in [-0.2, 0) is 9.53 Å². The summed E-state index contributed by atoms with van der Waals surface area (Å²) < 4.78 is 5.47. The van der Waals surface area contributed by atoms with Crippen molar-refractivity contribution in [2.45, 2.75) is 50.7 Å². The minimum Gasteiger partial charge on any atom is -0.383 e. The maximum absolute atomic E-state index is 12.0. The van der Waals surface area contributed by atoms with Crippen molar-refractivity contribution in [2.24, 2.45) is 0 Å². The molecule has 0 unspecified atom stereocenters. The lowest BCUT2D eigenvalue weighted by atomic mass is 9.93. The third-order valence-electron chi connectivity index (χ3n) is 6.56. The maximum Gasteiger partial charge on any atom is 0.227 e. The van der Waals surface area contributed by atoms with Crippen LogP contribution in [0.2, 0.25) is 0 Å². The van der Waals surface area contributed by atoms with E-state index in [0.29, 0.717) is 30.3 Å². The van der Waals surface area contributed by atoms with Crippen LogP contribution < -0.4 is 16.0 Å². The minimum atomic E-state index is 0.181. The number of methoxy groups -OCH3 is 1. The Bertz CT molecular complexity index is 1130. The number of nitrogens with two attached hydrogens (primary N) is 1. The second-order valence-electron chi connectivity index (χ2n) is 8.56. The zero-order chi connectivity index (χ0) is 22.1. The van der Waals surface area contributed by atoms with Crippen molar-refractivity contribution in [1.29, 1.82) is 0 Å². The molecule has 166 valence electrons. The van der Waals surface area contributed by atoms with Gasteiger partial charge in [0.2, 0.25) is 11.9 Å². The second kappa shape index (κ2) is 8.70. The van der Waals surface area contributed by atoms with E-state index in [4.69, 9.17) is 15.5 Å². The molecule has 1 aliphatic carbocycles. The van der Waals surface area contributed by atoms with Crippen LogP contribution in [0.1, 0.15) is 38.5 Å². The summed E-state index contributed by atoms with van der Waals surface area (Å²) in [6, 6.07) is 8.31. The number of aromatic nitrogens is 3. The first-order valence-corrected chi connectivity index (χ1v) is 11.2. The normalized spacial score (nSPS) is 21.3. The number of hydrogen-bond donors (Lipinski definition) is 2. The van der Waals surface area contributed by atoms with E-state index in [1.165, 1.54) is 0 Å². The van der Waals surface area contributed by atoms with Gasteiger partial charge in [0.05, 0.1) is 17.0 Å². The van der Waals surface area contributed by atoms with E-state index in [1.54, 1.807) is 19.5 Å². The summed E-state index contributed by atoms with van der Waals surface area (Å²) in [7, 11) is 1.78. The predicted octanol–water partition coefficient (Wildman–Crippen LogP) is 3.77. The van der Waals surface area contributed by atoms with Crippen LogP contribution in [-0.4, -0.2) is 46.7 Å². The number of pyridine rings is 1. The van der Waals surface area contributed by atoms with Gasteiger partial charge in [-0.3, -0.25) is 4.79 Å². The molecular weight excluding hydrogens is 404 g/mol. The molecule has 0 bridgehead atoms. The van der Waals surface area contributed by atoms with Crippen LogP contribution in [0.4, 0.5) is 17.5 Å². The van der Waals surface area contributed by atoms with Gasteiger partial charge in [-0.1, -0.05) is 12.1 Å². The van der Waals surface area contributed by atoms with E-state index in [0.717, 1.165) is 66.4 Å². The third kappa shape index (κ3) is 3.98. The summed E-state index contributed by atoms with van der Waals surface area (Å²) in [5, 5.41) is 4.22. The Balaban J connectivity index is 1.43. The van der Waals surface area contributed by atoms with Gasteiger partial charge in [0, 0.05) is 49.8 Å². The second-order valence-corrected chi connectivity index (χ2v) is 8.56. The molecular formula is C24H28N6O2. The molecule has 3 aromatic rings. The van der Waals surface area contributed by atoms with Crippen molar-refractivity contribution in [3.63, 3.8) is 0 Å². The molecule has 1 saturated heterocycles. The highest BCUT2D eigenvalue weighted by atomic mass is 16.5. The smallest absolute Gasteiger partial charge is 0.227 e. The largest absolute Gasteiger partial charge is 0.383 e. The summed E-state index contributed by atoms with van der Waals surface area (Å²) >= 11 is 0. The van der Waals surface area contributed by atoms with E-state index in [1.807, 2.05) is 29.2 Å². The van der Waals surface area contributed by atoms with Crippen molar-refractivity contribution < 1.29 is 9.53 Å². The molecule has 3 heterocycles. The zero-order valence-electron chi connectivity index (χ0n) is 18.3. The fourth-order valence-electron chi connectivity index (χ4n) is 4.69. The van der Waals surface area contributed by atoms with E-state index in [9.17, 15) is 4.79 Å². The molecule has 8 heteroatoms. The maximum atomic E-state index is 12.0. The summed E-state index contributed by atoms with van der Waals surface area (Å²) in [6.07, 6.45) is 9.51. The number of carbonyl (C=O) groups excluding carboxylic acids is 1. The number of anilines is 3. The van der Waals surface area contributed by atoms with Crippen molar-refractivity contribution in [1.82, 2.24) is 15.0 Å². The summed E-state index contributed by atoms with van der Waals surface area (Å²) in [4.78, 5) is 27.6. The standard InChI is InChI=1S/C24H28N6O2/c1-32-18-10-6-16(7-11-18)28-24-27-14-20-22(29-24)19(13-26-23(20)25)15-4-8-17(9-5-15)30-12-2-3-21(30)31/h4-5,8-9,13-14,16,18H,2-3,6-7,10-12H2,1H3,(H2,25,26)(H,27,28,29). The monoisotopic (exact) mass is 432 g/mol. The summed E-state index contributed by atoms with van der Waals surface area (Å²) in [5.74, 6) is 1.19. The van der Waals surface area contributed by atoms with Crippen LogP contribution >= 0.6 is 0 Å². The first kappa shape index (κ1) is 20.6. The highest BCUT2D eigenvalue weighted by Gasteiger charge is 2.23. The lowest BCUT2D eigenvalue weighted by Gasteiger charge is -2.28. The van der Waals surface area contributed by atoms with Gasteiger partial charge < -0.3 is 20.7 Å². The first-order chi connectivity index (χ1) is 15.6. The van der Waals surface area contributed by atoms with Gasteiger partial charge in [0.15, 0.2) is 0 Å². The Kier molecular flexibility index (Phi) is 5.61. The van der Waals surface area contributed by atoms with E-state index >= 15 is 0 Å². The third-order valence-corrected chi connectivity index (χ3v) is 6.56.